The predicted octanol–water partition coefficient (Wildman–Crippen LogP) is 3.24. The van der Waals surface area contributed by atoms with E-state index in [1.165, 1.54) is 16.7 Å². The van der Waals surface area contributed by atoms with Gasteiger partial charge in [0.2, 0.25) is 0 Å². The van der Waals surface area contributed by atoms with Crippen LogP contribution in [0.5, 0.6) is 5.75 Å². The van der Waals surface area contributed by atoms with Crippen molar-refractivity contribution in [1.82, 2.24) is 20.2 Å². The summed E-state index contributed by atoms with van der Waals surface area (Å²) in [5.74, 6) is 1.72. The summed E-state index contributed by atoms with van der Waals surface area (Å²) >= 11 is 0. The van der Waals surface area contributed by atoms with E-state index in [1.807, 2.05) is 24.7 Å². The molecule has 1 heterocycles. The third-order valence-corrected chi connectivity index (χ3v) is 4.58. The lowest BCUT2D eigenvalue weighted by Crippen LogP contribution is -2.38. The number of hydrogen-bond acceptors (Lipinski definition) is 3. The number of methoxy groups -OCH3 is 1. The summed E-state index contributed by atoms with van der Waals surface area (Å²) in [4.78, 5) is 8.79. The summed E-state index contributed by atoms with van der Waals surface area (Å²) < 4.78 is 7.26. The maximum atomic E-state index is 5.20. The first-order valence-corrected chi connectivity index (χ1v) is 9.95. The van der Waals surface area contributed by atoms with Crippen LogP contribution >= 0.6 is 0 Å². The van der Waals surface area contributed by atoms with Gasteiger partial charge in [-0.25, -0.2) is 9.98 Å². The van der Waals surface area contributed by atoms with E-state index in [0.29, 0.717) is 6.54 Å². The van der Waals surface area contributed by atoms with Gasteiger partial charge in [-0.15, -0.1) is 0 Å². The summed E-state index contributed by atoms with van der Waals surface area (Å²) in [7, 11) is 1.68. The summed E-state index contributed by atoms with van der Waals surface area (Å²) in [6.07, 6.45) is 6.53. The molecule has 0 spiro atoms. The molecule has 0 atom stereocenters. The van der Waals surface area contributed by atoms with Crippen LogP contribution in [0.2, 0.25) is 0 Å². The number of imidazole rings is 1. The highest BCUT2D eigenvalue weighted by atomic mass is 16.5. The normalized spacial score (nSPS) is 11.3. The number of aliphatic imine (C=N–C) groups is 1. The van der Waals surface area contributed by atoms with Gasteiger partial charge in [-0.2, -0.15) is 0 Å². The molecule has 0 amide bonds. The van der Waals surface area contributed by atoms with E-state index >= 15 is 0 Å². The van der Waals surface area contributed by atoms with Crippen molar-refractivity contribution in [1.29, 1.82) is 0 Å². The molecule has 0 bridgehead atoms. The van der Waals surface area contributed by atoms with Gasteiger partial charge in [0.1, 0.15) is 5.75 Å². The zero-order chi connectivity index (χ0) is 20.3. The predicted molar refractivity (Wildman–Crippen MR) is 117 cm³/mol. The molecule has 2 aromatic carbocycles. The number of ether oxygens (including phenoxy) is 1. The molecule has 6 nitrogen and oxygen atoms in total. The average molecular weight is 392 g/mol. The Hall–Kier alpha value is -3.28. The van der Waals surface area contributed by atoms with E-state index in [-0.39, 0.29) is 0 Å². The molecule has 1 aromatic heterocycles. The number of hydrogen-bond donors (Lipinski definition) is 2. The van der Waals surface area contributed by atoms with Crippen molar-refractivity contribution in [3.63, 3.8) is 0 Å². The highest BCUT2D eigenvalue weighted by Gasteiger charge is 2.00. The van der Waals surface area contributed by atoms with Gasteiger partial charge in [-0.3, -0.25) is 0 Å². The third-order valence-electron chi connectivity index (χ3n) is 4.58. The van der Waals surface area contributed by atoms with Crippen LogP contribution in [0.3, 0.4) is 0 Å². The quantitative estimate of drug-likeness (QED) is 0.434. The van der Waals surface area contributed by atoms with Crippen molar-refractivity contribution in [3.8, 4) is 5.75 Å². The van der Waals surface area contributed by atoms with E-state index in [2.05, 4.69) is 63.5 Å². The molecule has 0 radical (unpaired) electrons. The number of nitrogens with one attached hydrogen (secondary N) is 2. The number of benzene rings is 2. The Labute approximate surface area is 172 Å². The third kappa shape index (κ3) is 6.68. The molecule has 3 rings (SSSR count). The van der Waals surface area contributed by atoms with Gasteiger partial charge in [-0.1, -0.05) is 36.4 Å². The maximum Gasteiger partial charge on any atom is 0.191 e. The van der Waals surface area contributed by atoms with Crippen LogP contribution in [0.15, 0.2) is 72.2 Å². The zero-order valence-electron chi connectivity index (χ0n) is 17.1. The standard InChI is InChI=1S/C23H29N5O/c1-3-25-23(26-13-12-19-8-10-22(29-2)11-9-19)27-16-20-4-6-21(7-5-20)17-28-15-14-24-18-28/h4-11,14-15,18H,3,12-13,16-17H2,1-2H3,(H2,25,26,27). The molecule has 2 N–H and O–H groups in total. The van der Waals surface area contributed by atoms with Crippen LogP contribution in [-0.4, -0.2) is 35.7 Å². The second-order valence-electron chi connectivity index (χ2n) is 6.77. The van der Waals surface area contributed by atoms with Gasteiger partial charge < -0.3 is 19.9 Å². The minimum atomic E-state index is 0.642. The Balaban J connectivity index is 1.50. The molecular formula is C23H29N5O. The van der Waals surface area contributed by atoms with E-state index in [4.69, 9.17) is 9.73 Å². The SMILES string of the molecule is CCNC(=NCc1ccc(Cn2ccnc2)cc1)NCCc1ccc(OC)cc1. The fourth-order valence-corrected chi connectivity index (χ4v) is 2.97. The van der Waals surface area contributed by atoms with Crippen LogP contribution in [0.4, 0.5) is 0 Å². The van der Waals surface area contributed by atoms with E-state index in [9.17, 15) is 0 Å². The first-order valence-electron chi connectivity index (χ1n) is 9.95. The number of aromatic nitrogens is 2. The molecule has 0 saturated carbocycles. The van der Waals surface area contributed by atoms with E-state index < -0.39 is 0 Å². The second kappa shape index (κ2) is 10.9. The maximum absolute atomic E-state index is 5.20. The minimum absolute atomic E-state index is 0.642. The van der Waals surface area contributed by atoms with Crippen molar-refractivity contribution >= 4 is 5.96 Å². The van der Waals surface area contributed by atoms with Crippen molar-refractivity contribution in [3.05, 3.63) is 83.9 Å². The molecule has 0 unspecified atom stereocenters. The Morgan fingerprint density at radius 1 is 1.00 bits per heavy atom. The van der Waals surface area contributed by atoms with Gasteiger partial charge in [-0.05, 0) is 42.2 Å². The highest BCUT2D eigenvalue weighted by Crippen LogP contribution is 2.11. The van der Waals surface area contributed by atoms with Crippen molar-refractivity contribution in [2.75, 3.05) is 20.2 Å². The van der Waals surface area contributed by atoms with Crippen molar-refractivity contribution < 1.29 is 4.74 Å². The lowest BCUT2D eigenvalue weighted by atomic mass is 10.1. The molecule has 6 heteroatoms. The Morgan fingerprint density at radius 2 is 1.72 bits per heavy atom. The lowest BCUT2D eigenvalue weighted by molar-refractivity contribution is 0.414. The molecule has 0 aliphatic heterocycles. The van der Waals surface area contributed by atoms with Gasteiger partial charge >= 0.3 is 0 Å². The molecule has 3 aromatic rings. The van der Waals surface area contributed by atoms with Crippen LogP contribution in [0.1, 0.15) is 23.6 Å². The Kier molecular flexibility index (Phi) is 7.69. The Bertz CT molecular complexity index is 871. The largest absolute Gasteiger partial charge is 0.497 e. The Morgan fingerprint density at radius 3 is 2.38 bits per heavy atom. The summed E-state index contributed by atoms with van der Waals surface area (Å²) in [6.45, 7) is 5.20. The molecule has 0 aliphatic carbocycles. The fourth-order valence-electron chi connectivity index (χ4n) is 2.97. The molecule has 0 fully saturated rings. The van der Waals surface area contributed by atoms with Crippen LogP contribution < -0.4 is 15.4 Å². The lowest BCUT2D eigenvalue weighted by Gasteiger charge is -2.12. The molecular weight excluding hydrogens is 362 g/mol. The number of guanidine groups is 1. The van der Waals surface area contributed by atoms with E-state index in [0.717, 1.165) is 37.8 Å². The molecule has 0 aliphatic rings. The molecule has 29 heavy (non-hydrogen) atoms. The molecule has 0 saturated heterocycles. The average Bonchev–Trinajstić information content (AvgIpc) is 3.26. The van der Waals surface area contributed by atoms with Crippen LogP contribution in [0, 0.1) is 0 Å². The monoisotopic (exact) mass is 391 g/mol. The zero-order valence-corrected chi connectivity index (χ0v) is 17.1. The van der Waals surface area contributed by atoms with Crippen LogP contribution in [0.25, 0.3) is 0 Å². The minimum Gasteiger partial charge on any atom is -0.497 e. The second-order valence-corrected chi connectivity index (χ2v) is 6.77. The van der Waals surface area contributed by atoms with Crippen molar-refractivity contribution in [2.24, 2.45) is 4.99 Å². The number of rotatable bonds is 9. The van der Waals surface area contributed by atoms with E-state index in [1.54, 1.807) is 13.3 Å². The smallest absolute Gasteiger partial charge is 0.191 e. The topological polar surface area (TPSA) is 63.5 Å². The first kappa shape index (κ1) is 20.5. The first-order chi connectivity index (χ1) is 14.3. The number of nitrogens with zero attached hydrogens (tertiary/aromatic N) is 3. The molecule has 152 valence electrons. The summed E-state index contributed by atoms with van der Waals surface area (Å²) in [5, 5.41) is 6.71. The van der Waals surface area contributed by atoms with Crippen LogP contribution in [-0.2, 0) is 19.5 Å². The summed E-state index contributed by atoms with van der Waals surface area (Å²) in [5.41, 5.74) is 3.70. The van der Waals surface area contributed by atoms with Gasteiger partial charge in [0.15, 0.2) is 5.96 Å². The van der Waals surface area contributed by atoms with Gasteiger partial charge in [0.05, 0.1) is 20.0 Å². The highest BCUT2D eigenvalue weighted by molar-refractivity contribution is 5.79. The van der Waals surface area contributed by atoms with Gasteiger partial charge in [0.25, 0.3) is 0 Å². The summed E-state index contributed by atoms with van der Waals surface area (Å²) in [6, 6.07) is 16.7. The van der Waals surface area contributed by atoms with Crippen molar-refractivity contribution in [2.45, 2.75) is 26.4 Å². The van der Waals surface area contributed by atoms with Gasteiger partial charge in [0, 0.05) is 32.0 Å². The fraction of sp³-hybridized carbons (Fsp3) is 0.304.